The fourth-order valence-corrected chi connectivity index (χ4v) is 2.38. The van der Waals surface area contributed by atoms with Gasteiger partial charge in [-0.05, 0) is 30.3 Å². The highest BCUT2D eigenvalue weighted by atomic mass is 19.1. The monoisotopic (exact) mass is 273 g/mol. The van der Waals surface area contributed by atoms with E-state index in [0.29, 0.717) is 16.6 Å². The quantitative estimate of drug-likeness (QED) is 0.796. The van der Waals surface area contributed by atoms with Gasteiger partial charge in [0.25, 0.3) is 0 Å². The van der Waals surface area contributed by atoms with Crippen molar-refractivity contribution in [2.45, 2.75) is 6.54 Å². The van der Waals surface area contributed by atoms with E-state index in [1.165, 1.54) is 12.1 Å². The number of carbonyl (C=O) groups is 1. The van der Waals surface area contributed by atoms with Gasteiger partial charge in [-0.3, -0.25) is 9.48 Å². The lowest BCUT2D eigenvalue weighted by molar-refractivity contribution is -0.137. The van der Waals surface area contributed by atoms with Crippen LogP contribution in [0.2, 0.25) is 0 Å². The summed E-state index contributed by atoms with van der Waals surface area (Å²) < 4.78 is 16.6. The number of benzene rings is 1. The van der Waals surface area contributed by atoms with Gasteiger partial charge < -0.3 is 9.67 Å². The van der Waals surface area contributed by atoms with Gasteiger partial charge >= 0.3 is 5.97 Å². The van der Waals surface area contributed by atoms with Crippen LogP contribution in [-0.2, 0) is 18.4 Å². The highest BCUT2D eigenvalue weighted by Gasteiger charge is 2.15. The van der Waals surface area contributed by atoms with Crippen molar-refractivity contribution in [3.63, 3.8) is 0 Å². The maximum atomic E-state index is 13.3. The van der Waals surface area contributed by atoms with Gasteiger partial charge in [-0.25, -0.2) is 4.39 Å². The molecule has 0 unspecified atom stereocenters. The predicted molar refractivity (Wildman–Crippen MR) is 71.7 cm³/mol. The number of halogens is 1. The molecular formula is C14H12FN3O2. The first kappa shape index (κ1) is 12.4. The minimum Gasteiger partial charge on any atom is -0.480 e. The lowest BCUT2D eigenvalue weighted by Gasteiger charge is -2.08. The summed E-state index contributed by atoms with van der Waals surface area (Å²) in [5, 5.41) is 13.8. The van der Waals surface area contributed by atoms with Gasteiger partial charge in [-0.15, -0.1) is 0 Å². The van der Waals surface area contributed by atoms with Crippen LogP contribution in [0.5, 0.6) is 0 Å². The zero-order chi connectivity index (χ0) is 14.3. The largest absolute Gasteiger partial charge is 0.480 e. The van der Waals surface area contributed by atoms with Crippen LogP contribution >= 0.6 is 0 Å². The molecule has 0 atom stereocenters. The first-order valence-electron chi connectivity index (χ1n) is 6.05. The standard InChI is InChI=1S/C14H12FN3O2/c1-17-12(4-5-16-17)13-7-9-6-10(15)2-3-11(9)18(13)8-14(19)20/h2-7H,8H2,1H3,(H,19,20). The molecule has 0 fully saturated rings. The van der Waals surface area contributed by atoms with E-state index >= 15 is 0 Å². The molecule has 5 nitrogen and oxygen atoms in total. The fourth-order valence-electron chi connectivity index (χ4n) is 2.38. The Hall–Kier alpha value is -2.63. The molecule has 102 valence electrons. The molecule has 20 heavy (non-hydrogen) atoms. The molecule has 6 heteroatoms. The second kappa shape index (κ2) is 4.48. The molecule has 0 aliphatic rings. The van der Waals surface area contributed by atoms with Gasteiger partial charge in [0.2, 0.25) is 0 Å². The van der Waals surface area contributed by atoms with Crippen molar-refractivity contribution in [1.82, 2.24) is 14.3 Å². The van der Waals surface area contributed by atoms with Crippen LogP contribution < -0.4 is 0 Å². The Morgan fingerprint density at radius 2 is 2.10 bits per heavy atom. The van der Waals surface area contributed by atoms with Crippen LogP contribution in [0.25, 0.3) is 22.3 Å². The molecule has 0 radical (unpaired) electrons. The molecule has 1 N–H and O–H groups in total. The Balaban J connectivity index is 2.29. The third-order valence-electron chi connectivity index (χ3n) is 3.24. The van der Waals surface area contributed by atoms with E-state index in [1.54, 1.807) is 40.7 Å². The first-order valence-corrected chi connectivity index (χ1v) is 6.05. The zero-order valence-corrected chi connectivity index (χ0v) is 10.7. The smallest absolute Gasteiger partial charge is 0.323 e. The van der Waals surface area contributed by atoms with Gasteiger partial charge in [-0.2, -0.15) is 5.10 Å². The van der Waals surface area contributed by atoms with E-state index in [4.69, 9.17) is 5.11 Å². The van der Waals surface area contributed by atoms with Crippen LogP contribution in [0.3, 0.4) is 0 Å². The number of rotatable bonds is 3. The lowest BCUT2D eigenvalue weighted by atomic mass is 10.2. The van der Waals surface area contributed by atoms with Crippen molar-refractivity contribution in [1.29, 1.82) is 0 Å². The number of nitrogens with zero attached hydrogens (tertiary/aromatic N) is 3. The Kier molecular flexibility index (Phi) is 2.78. The molecule has 2 aromatic heterocycles. The van der Waals surface area contributed by atoms with E-state index < -0.39 is 5.97 Å². The van der Waals surface area contributed by atoms with E-state index in [9.17, 15) is 9.18 Å². The van der Waals surface area contributed by atoms with Crippen LogP contribution in [0.1, 0.15) is 0 Å². The molecule has 3 aromatic rings. The lowest BCUT2D eigenvalue weighted by Crippen LogP contribution is -2.10. The van der Waals surface area contributed by atoms with E-state index in [1.807, 2.05) is 0 Å². The van der Waals surface area contributed by atoms with Gasteiger partial charge in [0, 0.05) is 24.1 Å². The van der Waals surface area contributed by atoms with Crippen molar-refractivity contribution in [3.05, 3.63) is 42.3 Å². The molecule has 2 heterocycles. The van der Waals surface area contributed by atoms with Gasteiger partial charge in [0.1, 0.15) is 12.4 Å². The van der Waals surface area contributed by atoms with Crippen LogP contribution in [0, 0.1) is 5.82 Å². The normalized spacial score (nSPS) is 11.1. The predicted octanol–water partition coefficient (Wildman–Crippen LogP) is 2.27. The number of aromatic nitrogens is 3. The third-order valence-corrected chi connectivity index (χ3v) is 3.24. The Morgan fingerprint density at radius 1 is 1.30 bits per heavy atom. The van der Waals surface area contributed by atoms with Gasteiger partial charge in [0.15, 0.2) is 0 Å². The molecule has 3 rings (SSSR count). The van der Waals surface area contributed by atoms with Crippen molar-refractivity contribution in [2.24, 2.45) is 7.05 Å². The van der Waals surface area contributed by atoms with E-state index in [0.717, 1.165) is 5.69 Å². The molecule has 0 aliphatic carbocycles. The summed E-state index contributed by atoms with van der Waals surface area (Å²) in [6.45, 7) is -0.185. The van der Waals surface area contributed by atoms with Crippen LogP contribution in [0.15, 0.2) is 36.5 Å². The first-order chi connectivity index (χ1) is 9.56. The molecule has 0 saturated heterocycles. The third kappa shape index (κ3) is 1.95. The minimum atomic E-state index is -0.949. The Bertz CT molecular complexity index is 804. The fraction of sp³-hybridized carbons (Fsp3) is 0.143. The van der Waals surface area contributed by atoms with Crippen molar-refractivity contribution >= 4 is 16.9 Å². The minimum absolute atomic E-state index is 0.185. The van der Waals surface area contributed by atoms with E-state index in [-0.39, 0.29) is 12.4 Å². The van der Waals surface area contributed by atoms with Crippen molar-refractivity contribution in [3.8, 4) is 11.4 Å². The summed E-state index contributed by atoms with van der Waals surface area (Å²) >= 11 is 0. The molecule has 0 aliphatic heterocycles. The van der Waals surface area contributed by atoms with Crippen molar-refractivity contribution in [2.75, 3.05) is 0 Å². The zero-order valence-electron chi connectivity index (χ0n) is 10.7. The number of aryl methyl sites for hydroxylation is 1. The highest BCUT2D eigenvalue weighted by Crippen LogP contribution is 2.28. The molecule has 0 bridgehead atoms. The molecule has 0 amide bonds. The molecular weight excluding hydrogens is 261 g/mol. The topological polar surface area (TPSA) is 60.0 Å². The number of fused-ring (bicyclic) bond motifs is 1. The van der Waals surface area contributed by atoms with Gasteiger partial charge in [0.05, 0.1) is 11.4 Å². The van der Waals surface area contributed by atoms with Crippen LogP contribution in [0.4, 0.5) is 4.39 Å². The number of carboxylic acid groups (broad SMARTS) is 1. The number of aliphatic carboxylic acids is 1. The maximum absolute atomic E-state index is 13.3. The summed E-state index contributed by atoms with van der Waals surface area (Å²) in [6, 6.07) is 7.88. The van der Waals surface area contributed by atoms with E-state index in [2.05, 4.69) is 5.10 Å². The summed E-state index contributed by atoms with van der Waals surface area (Å²) in [4.78, 5) is 11.1. The second-order valence-electron chi connectivity index (χ2n) is 4.55. The summed E-state index contributed by atoms with van der Waals surface area (Å²) in [5.41, 5.74) is 2.17. The average molecular weight is 273 g/mol. The summed E-state index contributed by atoms with van der Waals surface area (Å²) in [6.07, 6.45) is 1.64. The van der Waals surface area contributed by atoms with Gasteiger partial charge in [-0.1, -0.05) is 0 Å². The molecule has 0 spiro atoms. The number of hydrogen-bond donors (Lipinski definition) is 1. The Morgan fingerprint density at radius 3 is 2.75 bits per heavy atom. The molecule has 0 saturated carbocycles. The second-order valence-corrected chi connectivity index (χ2v) is 4.55. The number of hydrogen-bond acceptors (Lipinski definition) is 2. The SMILES string of the molecule is Cn1nccc1-c1cc2cc(F)ccc2n1CC(=O)O. The summed E-state index contributed by atoms with van der Waals surface area (Å²) in [7, 11) is 1.78. The van der Waals surface area contributed by atoms with Crippen molar-refractivity contribution < 1.29 is 14.3 Å². The highest BCUT2D eigenvalue weighted by molar-refractivity contribution is 5.88. The average Bonchev–Trinajstić information content (AvgIpc) is 2.93. The Labute approximate surface area is 113 Å². The molecule has 1 aromatic carbocycles. The summed E-state index contributed by atoms with van der Waals surface area (Å²) in [5.74, 6) is -1.29. The van der Waals surface area contributed by atoms with Crippen LogP contribution in [-0.4, -0.2) is 25.4 Å². The number of carboxylic acids is 1. The maximum Gasteiger partial charge on any atom is 0.323 e.